The van der Waals surface area contributed by atoms with Crippen LogP contribution in [0.2, 0.25) is 0 Å². The van der Waals surface area contributed by atoms with Crippen molar-refractivity contribution in [2.75, 3.05) is 20.7 Å². The molecule has 0 atom stereocenters. The van der Waals surface area contributed by atoms with Gasteiger partial charge in [0.2, 0.25) is 0 Å². The molecule has 0 aliphatic rings. The monoisotopic (exact) mass is 221 g/mol. The molecule has 0 bridgehead atoms. The second kappa shape index (κ2) is 6.54. The van der Waals surface area contributed by atoms with Gasteiger partial charge in [-0.05, 0) is 69.5 Å². The van der Waals surface area contributed by atoms with Crippen LogP contribution in [0.15, 0.2) is 12.1 Å². The Morgan fingerprint density at radius 1 is 1.12 bits per heavy atom. The highest BCUT2D eigenvalue weighted by molar-refractivity contribution is 5.41. The summed E-state index contributed by atoms with van der Waals surface area (Å²) in [7, 11) is 3.73. The summed E-state index contributed by atoms with van der Waals surface area (Å²) in [6.45, 7) is 5.37. The Hall–Kier alpha value is -1.02. The topological polar surface area (TPSA) is 21.3 Å². The van der Waals surface area contributed by atoms with Crippen LogP contribution in [0.25, 0.3) is 0 Å². The molecule has 16 heavy (non-hydrogen) atoms. The lowest BCUT2D eigenvalue weighted by molar-refractivity contribution is 0.411. The predicted octanol–water partition coefficient (Wildman–Crippen LogP) is 2.85. The molecule has 1 aromatic carbocycles. The Morgan fingerprint density at radius 2 is 1.88 bits per heavy atom. The maximum atomic E-state index is 5.31. The fraction of sp³-hybridized carbons (Fsp3) is 0.571. The van der Waals surface area contributed by atoms with Crippen LogP contribution >= 0.6 is 0 Å². The van der Waals surface area contributed by atoms with E-state index in [4.69, 9.17) is 4.74 Å². The van der Waals surface area contributed by atoms with Crippen LogP contribution in [0.1, 0.15) is 29.5 Å². The van der Waals surface area contributed by atoms with E-state index < -0.39 is 0 Å². The van der Waals surface area contributed by atoms with Crippen molar-refractivity contribution in [1.29, 1.82) is 0 Å². The highest BCUT2D eigenvalue weighted by Crippen LogP contribution is 2.23. The van der Waals surface area contributed by atoms with E-state index in [1.807, 2.05) is 7.05 Å². The predicted molar refractivity (Wildman–Crippen MR) is 69.3 cm³/mol. The van der Waals surface area contributed by atoms with Gasteiger partial charge in [-0.3, -0.25) is 0 Å². The minimum atomic E-state index is 0.997. The molecule has 90 valence electrons. The van der Waals surface area contributed by atoms with Gasteiger partial charge in [-0.25, -0.2) is 0 Å². The van der Waals surface area contributed by atoms with Gasteiger partial charge in [-0.1, -0.05) is 6.07 Å². The third-order valence-corrected chi connectivity index (χ3v) is 2.98. The van der Waals surface area contributed by atoms with Crippen molar-refractivity contribution in [2.24, 2.45) is 0 Å². The number of benzene rings is 1. The Kier molecular flexibility index (Phi) is 5.33. The first-order valence-corrected chi connectivity index (χ1v) is 5.97. The molecule has 0 heterocycles. The van der Waals surface area contributed by atoms with Crippen molar-refractivity contribution in [3.05, 3.63) is 28.8 Å². The van der Waals surface area contributed by atoms with E-state index in [1.165, 1.54) is 36.0 Å². The van der Waals surface area contributed by atoms with Crippen molar-refractivity contribution >= 4 is 0 Å². The lowest BCUT2D eigenvalue weighted by Gasteiger charge is -2.11. The average molecular weight is 221 g/mol. The van der Waals surface area contributed by atoms with Crippen LogP contribution in [-0.2, 0) is 6.42 Å². The first-order chi connectivity index (χ1) is 7.69. The standard InChI is InChI=1S/C14H23NO/c1-11-10-14(16-4)12(2)9-13(11)7-5-6-8-15-3/h9-10,15H,5-8H2,1-4H3. The second-order valence-corrected chi connectivity index (χ2v) is 4.31. The molecule has 1 rings (SSSR count). The Bertz CT molecular complexity index is 334. The van der Waals surface area contributed by atoms with Crippen molar-refractivity contribution in [2.45, 2.75) is 33.1 Å². The summed E-state index contributed by atoms with van der Waals surface area (Å²) in [6, 6.07) is 4.40. The maximum Gasteiger partial charge on any atom is 0.122 e. The van der Waals surface area contributed by atoms with Gasteiger partial charge in [-0.15, -0.1) is 0 Å². The molecule has 1 N–H and O–H groups in total. The highest BCUT2D eigenvalue weighted by atomic mass is 16.5. The van der Waals surface area contributed by atoms with Crippen molar-refractivity contribution < 1.29 is 4.74 Å². The third-order valence-electron chi connectivity index (χ3n) is 2.98. The molecule has 0 unspecified atom stereocenters. The lowest BCUT2D eigenvalue weighted by atomic mass is 10.00. The second-order valence-electron chi connectivity index (χ2n) is 4.31. The zero-order chi connectivity index (χ0) is 12.0. The summed E-state index contributed by atoms with van der Waals surface area (Å²) in [5.74, 6) is 0.997. The maximum absolute atomic E-state index is 5.31. The van der Waals surface area contributed by atoms with Gasteiger partial charge in [0.1, 0.15) is 5.75 Å². The molecular weight excluding hydrogens is 198 g/mol. The van der Waals surface area contributed by atoms with E-state index in [0.717, 1.165) is 12.3 Å². The Morgan fingerprint density at radius 3 is 2.50 bits per heavy atom. The van der Waals surface area contributed by atoms with E-state index in [2.05, 4.69) is 31.3 Å². The zero-order valence-corrected chi connectivity index (χ0v) is 10.9. The highest BCUT2D eigenvalue weighted by Gasteiger charge is 2.04. The number of aryl methyl sites for hydroxylation is 3. The SMILES string of the molecule is CNCCCCc1cc(C)c(OC)cc1C. The molecule has 0 saturated heterocycles. The van der Waals surface area contributed by atoms with Gasteiger partial charge in [0, 0.05) is 0 Å². The van der Waals surface area contributed by atoms with Gasteiger partial charge in [0.15, 0.2) is 0 Å². The van der Waals surface area contributed by atoms with Gasteiger partial charge in [0.05, 0.1) is 7.11 Å². The Labute approximate surface area is 99.0 Å². The van der Waals surface area contributed by atoms with E-state index >= 15 is 0 Å². The van der Waals surface area contributed by atoms with Crippen molar-refractivity contribution in [3.63, 3.8) is 0 Å². The summed E-state index contributed by atoms with van der Waals surface area (Å²) in [4.78, 5) is 0. The summed E-state index contributed by atoms with van der Waals surface area (Å²) >= 11 is 0. The normalized spacial score (nSPS) is 10.5. The molecule has 0 aliphatic carbocycles. The molecule has 0 amide bonds. The minimum Gasteiger partial charge on any atom is -0.496 e. The molecule has 0 fully saturated rings. The summed E-state index contributed by atoms with van der Waals surface area (Å²) in [6.07, 6.45) is 3.65. The fourth-order valence-electron chi connectivity index (χ4n) is 1.96. The van der Waals surface area contributed by atoms with Crippen LogP contribution in [-0.4, -0.2) is 20.7 Å². The molecule has 0 radical (unpaired) electrons. The average Bonchev–Trinajstić information content (AvgIpc) is 2.28. The van der Waals surface area contributed by atoms with E-state index in [9.17, 15) is 0 Å². The third kappa shape index (κ3) is 3.53. The van der Waals surface area contributed by atoms with Gasteiger partial charge in [-0.2, -0.15) is 0 Å². The number of hydrogen-bond donors (Lipinski definition) is 1. The van der Waals surface area contributed by atoms with E-state index in [1.54, 1.807) is 7.11 Å². The zero-order valence-electron chi connectivity index (χ0n) is 10.9. The summed E-state index contributed by atoms with van der Waals surface area (Å²) < 4.78 is 5.31. The molecule has 2 heteroatoms. The van der Waals surface area contributed by atoms with Crippen LogP contribution in [0, 0.1) is 13.8 Å². The summed E-state index contributed by atoms with van der Waals surface area (Å²) in [5, 5.41) is 3.18. The molecule has 0 saturated carbocycles. The molecular formula is C14H23NO. The smallest absolute Gasteiger partial charge is 0.122 e. The Balaban J connectivity index is 2.63. The molecule has 0 aromatic heterocycles. The lowest BCUT2D eigenvalue weighted by Crippen LogP contribution is -2.07. The van der Waals surface area contributed by atoms with Crippen LogP contribution in [0.3, 0.4) is 0 Å². The van der Waals surface area contributed by atoms with Crippen LogP contribution < -0.4 is 10.1 Å². The van der Waals surface area contributed by atoms with Crippen LogP contribution in [0.4, 0.5) is 0 Å². The number of hydrogen-bond acceptors (Lipinski definition) is 2. The first-order valence-electron chi connectivity index (χ1n) is 5.97. The van der Waals surface area contributed by atoms with Gasteiger partial charge < -0.3 is 10.1 Å². The fourth-order valence-corrected chi connectivity index (χ4v) is 1.96. The van der Waals surface area contributed by atoms with Gasteiger partial charge >= 0.3 is 0 Å². The largest absolute Gasteiger partial charge is 0.496 e. The number of ether oxygens (including phenoxy) is 1. The van der Waals surface area contributed by atoms with Gasteiger partial charge in [0.25, 0.3) is 0 Å². The summed E-state index contributed by atoms with van der Waals surface area (Å²) in [5.41, 5.74) is 4.03. The number of nitrogens with one attached hydrogen (secondary N) is 1. The molecule has 0 aliphatic heterocycles. The number of unbranched alkanes of at least 4 members (excludes halogenated alkanes) is 1. The van der Waals surface area contributed by atoms with E-state index in [-0.39, 0.29) is 0 Å². The van der Waals surface area contributed by atoms with Crippen LogP contribution in [0.5, 0.6) is 5.75 Å². The van der Waals surface area contributed by atoms with Crippen molar-refractivity contribution in [1.82, 2.24) is 5.32 Å². The molecule has 1 aromatic rings. The molecule has 0 spiro atoms. The number of rotatable bonds is 6. The van der Waals surface area contributed by atoms with Crippen molar-refractivity contribution in [3.8, 4) is 5.75 Å². The quantitative estimate of drug-likeness (QED) is 0.746. The van der Waals surface area contributed by atoms with E-state index in [0.29, 0.717) is 0 Å². The molecule has 2 nitrogen and oxygen atoms in total. The number of methoxy groups -OCH3 is 1. The minimum absolute atomic E-state index is 0.997. The first kappa shape index (κ1) is 13.0.